The first kappa shape index (κ1) is 16.8. The first-order valence-corrected chi connectivity index (χ1v) is 5.74. The van der Waals surface area contributed by atoms with Gasteiger partial charge in [0.15, 0.2) is 0 Å². The van der Waals surface area contributed by atoms with Crippen molar-refractivity contribution in [2.45, 2.75) is 6.43 Å². The Labute approximate surface area is 142 Å². The SMILES string of the molecule is C#CC1=C[C-]=C(c2ccccc2)N(CC(F)F)C1=C.[Y]. The molecule has 0 unspecified atom stereocenters. The van der Waals surface area contributed by atoms with Crippen molar-refractivity contribution in [2.24, 2.45) is 0 Å². The fraction of sp³-hybridized carbons (Fsp3) is 0.125. The van der Waals surface area contributed by atoms with Crippen LogP contribution in [-0.4, -0.2) is 17.9 Å². The number of halogens is 2. The van der Waals surface area contributed by atoms with Crippen molar-refractivity contribution < 1.29 is 41.5 Å². The van der Waals surface area contributed by atoms with Crippen LogP contribution in [0.5, 0.6) is 0 Å². The van der Waals surface area contributed by atoms with Crippen LogP contribution in [0.1, 0.15) is 5.56 Å². The number of hydrogen-bond acceptors (Lipinski definition) is 1. The quantitative estimate of drug-likeness (QED) is 0.599. The van der Waals surface area contributed by atoms with Crippen LogP contribution in [0.4, 0.5) is 8.78 Å². The molecule has 1 aliphatic heterocycles. The van der Waals surface area contributed by atoms with Crippen LogP contribution < -0.4 is 0 Å². The molecule has 20 heavy (non-hydrogen) atoms. The minimum atomic E-state index is -2.48. The van der Waals surface area contributed by atoms with E-state index in [-0.39, 0.29) is 32.7 Å². The number of terminal acetylenes is 1. The van der Waals surface area contributed by atoms with E-state index in [9.17, 15) is 8.78 Å². The molecule has 0 spiro atoms. The van der Waals surface area contributed by atoms with Crippen molar-refractivity contribution in [3.63, 3.8) is 0 Å². The summed E-state index contributed by atoms with van der Waals surface area (Å²) in [5, 5.41) is 0. The van der Waals surface area contributed by atoms with Crippen molar-refractivity contribution in [3.05, 3.63) is 65.9 Å². The number of alkyl halides is 2. The molecule has 1 radical (unpaired) electrons. The molecule has 0 aliphatic carbocycles. The van der Waals surface area contributed by atoms with Gasteiger partial charge in [-0.3, -0.25) is 0 Å². The molecule has 1 aliphatic rings. The third-order valence-electron chi connectivity index (χ3n) is 2.78. The Morgan fingerprint density at radius 3 is 2.50 bits per heavy atom. The molecule has 0 saturated heterocycles. The summed E-state index contributed by atoms with van der Waals surface area (Å²) in [4.78, 5) is 1.41. The minimum absolute atomic E-state index is 0. The molecule has 0 bridgehead atoms. The van der Waals surface area contributed by atoms with Crippen LogP contribution >= 0.6 is 0 Å². The zero-order chi connectivity index (χ0) is 13.8. The number of allylic oxidation sites excluding steroid dienone is 3. The maximum atomic E-state index is 12.7. The molecule has 0 atom stereocenters. The van der Waals surface area contributed by atoms with E-state index in [0.717, 1.165) is 5.56 Å². The largest absolute Gasteiger partial charge is 0.369 e. The minimum Gasteiger partial charge on any atom is -0.369 e. The Hall–Kier alpha value is -1.24. The van der Waals surface area contributed by atoms with Crippen molar-refractivity contribution >= 4 is 5.70 Å². The van der Waals surface area contributed by atoms with Gasteiger partial charge in [-0.15, -0.1) is 24.5 Å². The molecule has 1 heterocycles. The van der Waals surface area contributed by atoms with Crippen molar-refractivity contribution in [1.82, 2.24) is 4.90 Å². The number of rotatable bonds is 3. The van der Waals surface area contributed by atoms with E-state index in [2.05, 4.69) is 18.6 Å². The van der Waals surface area contributed by atoms with E-state index in [1.54, 1.807) is 6.08 Å². The van der Waals surface area contributed by atoms with Gasteiger partial charge in [0.1, 0.15) is 0 Å². The van der Waals surface area contributed by atoms with Crippen LogP contribution in [0.3, 0.4) is 0 Å². The fourth-order valence-electron chi connectivity index (χ4n) is 1.88. The van der Waals surface area contributed by atoms with E-state index >= 15 is 0 Å². The third-order valence-corrected chi connectivity index (χ3v) is 2.78. The van der Waals surface area contributed by atoms with Crippen molar-refractivity contribution in [1.29, 1.82) is 0 Å². The Bertz CT molecular complexity index is 582. The van der Waals surface area contributed by atoms with Crippen LogP contribution in [0.25, 0.3) is 5.70 Å². The first-order valence-electron chi connectivity index (χ1n) is 5.74. The summed E-state index contributed by atoms with van der Waals surface area (Å²) in [7, 11) is 0. The van der Waals surface area contributed by atoms with Gasteiger partial charge in [0.05, 0.1) is 6.54 Å². The predicted molar refractivity (Wildman–Crippen MR) is 71.9 cm³/mol. The zero-order valence-corrected chi connectivity index (χ0v) is 13.7. The molecular formula is C16H12F2NY-. The Balaban J connectivity index is 0.00000200. The molecule has 99 valence electrons. The molecule has 0 amide bonds. The molecule has 1 aromatic rings. The molecular weight excluding hydrogens is 333 g/mol. The maximum absolute atomic E-state index is 12.7. The Kier molecular flexibility index (Phi) is 6.32. The standard InChI is InChI=1S/C16H12F2N.Y/c1-3-13-9-10-15(14-7-5-4-6-8-14)19(12(13)2)11-16(17)18;/h1,4-9,16H,2,11H2;/q-1;. The predicted octanol–water partition coefficient (Wildman–Crippen LogP) is 3.48. The summed E-state index contributed by atoms with van der Waals surface area (Å²) >= 11 is 0. The van der Waals surface area contributed by atoms with Gasteiger partial charge >= 0.3 is 0 Å². The van der Waals surface area contributed by atoms with Gasteiger partial charge in [0.25, 0.3) is 6.43 Å². The molecule has 1 aromatic carbocycles. The van der Waals surface area contributed by atoms with Gasteiger partial charge < -0.3 is 4.90 Å². The van der Waals surface area contributed by atoms with Gasteiger partial charge in [-0.05, 0) is 5.70 Å². The van der Waals surface area contributed by atoms with Crippen LogP contribution in [-0.2, 0) is 32.7 Å². The maximum Gasteiger partial charge on any atom is 0.256 e. The summed E-state index contributed by atoms with van der Waals surface area (Å²) in [6.07, 6.45) is 7.42. The van der Waals surface area contributed by atoms with E-state index in [0.29, 0.717) is 17.0 Å². The normalized spacial score (nSPS) is 14.3. The van der Waals surface area contributed by atoms with E-state index in [1.807, 2.05) is 30.3 Å². The monoisotopic (exact) mass is 345 g/mol. The van der Waals surface area contributed by atoms with Crippen LogP contribution in [0.15, 0.2) is 54.3 Å². The van der Waals surface area contributed by atoms with Gasteiger partial charge in [-0.25, -0.2) is 8.78 Å². The summed E-state index contributed by atoms with van der Waals surface area (Å²) in [5.41, 5.74) is 2.24. The summed E-state index contributed by atoms with van der Waals surface area (Å²) in [6.45, 7) is 3.35. The van der Waals surface area contributed by atoms with E-state index < -0.39 is 13.0 Å². The Morgan fingerprint density at radius 2 is 1.95 bits per heavy atom. The van der Waals surface area contributed by atoms with Gasteiger partial charge in [0, 0.05) is 32.7 Å². The molecule has 0 fully saturated rings. The summed E-state index contributed by atoms with van der Waals surface area (Å²) in [5.74, 6) is 2.43. The second-order valence-electron chi connectivity index (χ2n) is 4.01. The molecule has 0 saturated carbocycles. The molecule has 4 heteroatoms. The van der Waals surface area contributed by atoms with Gasteiger partial charge in [-0.2, -0.15) is 12.2 Å². The van der Waals surface area contributed by atoms with E-state index in [4.69, 9.17) is 6.42 Å². The van der Waals surface area contributed by atoms with Crippen LogP contribution in [0, 0.1) is 18.4 Å². The van der Waals surface area contributed by atoms with E-state index in [1.165, 1.54) is 4.90 Å². The average Bonchev–Trinajstić information content (AvgIpc) is 2.41. The topological polar surface area (TPSA) is 3.24 Å². The van der Waals surface area contributed by atoms with Gasteiger partial charge in [0.2, 0.25) is 0 Å². The smallest absolute Gasteiger partial charge is 0.256 e. The number of hydrogen-bond donors (Lipinski definition) is 0. The molecule has 0 N–H and O–H groups in total. The summed E-state index contributed by atoms with van der Waals surface area (Å²) in [6, 6.07) is 9.22. The zero-order valence-electron chi connectivity index (χ0n) is 10.8. The van der Waals surface area contributed by atoms with Crippen molar-refractivity contribution in [2.75, 3.05) is 6.54 Å². The first-order chi connectivity index (χ1) is 9.13. The number of nitrogens with zero attached hydrogens (tertiary/aromatic N) is 1. The average molecular weight is 345 g/mol. The second-order valence-corrected chi connectivity index (χ2v) is 4.01. The third kappa shape index (κ3) is 3.65. The summed E-state index contributed by atoms with van der Waals surface area (Å²) < 4.78 is 25.4. The van der Waals surface area contributed by atoms with Gasteiger partial charge in [-0.1, -0.05) is 41.6 Å². The molecule has 1 nitrogen and oxygen atoms in total. The van der Waals surface area contributed by atoms with Crippen LogP contribution in [0.2, 0.25) is 0 Å². The number of benzene rings is 1. The Morgan fingerprint density at radius 1 is 1.30 bits per heavy atom. The second kappa shape index (κ2) is 7.52. The molecule has 0 aromatic heterocycles. The van der Waals surface area contributed by atoms with Crippen molar-refractivity contribution in [3.8, 4) is 12.3 Å². The fourth-order valence-corrected chi connectivity index (χ4v) is 1.88. The molecule has 2 rings (SSSR count).